The van der Waals surface area contributed by atoms with Gasteiger partial charge in [0.2, 0.25) is 0 Å². The summed E-state index contributed by atoms with van der Waals surface area (Å²) in [5, 5.41) is 12.2. The van der Waals surface area contributed by atoms with Crippen molar-refractivity contribution >= 4 is 11.7 Å². The van der Waals surface area contributed by atoms with Crippen LogP contribution < -0.4 is 5.32 Å². The fraction of sp³-hybridized carbons (Fsp3) is 0.417. The van der Waals surface area contributed by atoms with Crippen LogP contribution in [0.1, 0.15) is 13.3 Å². The minimum atomic E-state index is -0.841. The smallest absolute Gasteiger partial charge is 0.322 e. The first-order valence-corrected chi connectivity index (χ1v) is 5.51. The zero-order valence-corrected chi connectivity index (χ0v) is 9.61. The number of rotatable bonds is 1. The molecule has 2 N–H and O–H groups in total. The Morgan fingerprint density at radius 2 is 2.24 bits per heavy atom. The molecule has 17 heavy (non-hydrogen) atoms. The highest BCUT2D eigenvalue weighted by Crippen LogP contribution is 2.21. The van der Waals surface area contributed by atoms with E-state index in [0.29, 0.717) is 13.0 Å². The SMILES string of the molecule is C[C@]1(O)CCN(C(=O)Nc2ccccc2F)C1. The van der Waals surface area contributed by atoms with Crippen LogP contribution in [-0.2, 0) is 0 Å². The molecule has 2 amide bonds. The normalized spacial score (nSPS) is 23.8. The van der Waals surface area contributed by atoms with Gasteiger partial charge in [-0.05, 0) is 25.5 Å². The fourth-order valence-corrected chi connectivity index (χ4v) is 1.88. The van der Waals surface area contributed by atoms with Crippen LogP contribution in [-0.4, -0.2) is 34.7 Å². The third-order valence-corrected chi connectivity index (χ3v) is 2.85. The molecule has 0 aliphatic carbocycles. The van der Waals surface area contributed by atoms with E-state index in [1.807, 2.05) is 0 Å². The van der Waals surface area contributed by atoms with Crippen molar-refractivity contribution in [3.05, 3.63) is 30.1 Å². The summed E-state index contributed by atoms with van der Waals surface area (Å²) < 4.78 is 13.3. The molecule has 1 aliphatic rings. The molecule has 0 saturated carbocycles. The van der Waals surface area contributed by atoms with Gasteiger partial charge in [0.25, 0.3) is 0 Å². The van der Waals surface area contributed by atoms with Crippen molar-refractivity contribution in [3.63, 3.8) is 0 Å². The van der Waals surface area contributed by atoms with Gasteiger partial charge >= 0.3 is 6.03 Å². The summed E-state index contributed by atoms with van der Waals surface area (Å²) in [4.78, 5) is 13.3. The Kier molecular flexibility index (Phi) is 3.02. The molecule has 92 valence electrons. The molecule has 1 saturated heterocycles. The lowest BCUT2D eigenvalue weighted by Crippen LogP contribution is -2.36. The van der Waals surface area contributed by atoms with Gasteiger partial charge in [0.1, 0.15) is 5.82 Å². The van der Waals surface area contributed by atoms with Crippen LogP contribution >= 0.6 is 0 Å². The highest BCUT2D eigenvalue weighted by atomic mass is 19.1. The highest BCUT2D eigenvalue weighted by molar-refractivity contribution is 5.89. The van der Waals surface area contributed by atoms with Crippen LogP contribution in [0.4, 0.5) is 14.9 Å². The maximum atomic E-state index is 13.3. The van der Waals surface area contributed by atoms with E-state index in [9.17, 15) is 14.3 Å². The lowest BCUT2D eigenvalue weighted by molar-refractivity contribution is 0.0727. The molecule has 1 fully saturated rings. The molecule has 1 aromatic rings. The number of hydrogen-bond acceptors (Lipinski definition) is 2. The van der Waals surface area contributed by atoms with Crippen LogP contribution in [0.15, 0.2) is 24.3 Å². The molecule has 5 heteroatoms. The number of halogens is 1. The van der Waals surface area contributed by atoms with Crippen molar-refractivity contribution in [2.75, 3.05) is 18.4 Å². The number of urea groups is 1. The number of anilines is 1. The van der Waals surface area contributed by atoms with Crippen LogP contribution in [0, 0.1) is 5.82 Å². The lowest BCUT2D eigenvalue weighted by atomic mass is 10.1. The third-order valence-electron chi connectivity index (χ3n) is 2.85. The predicted molar refractivity (Wildman–Crippen MR) is 62.2 cm³/mol. The predicted octanol–water partition coefficient (Wildman–Crippen LogP) is 1.81. The molecular formula is C12H15FN2O2. The van der Waals surface area contributed by atoms with Crippen molar-refractivity contribution in [1.82, 2.24) is 4.90 Å². The molecule has 0 aromatic heterocycles. The maximum Gasteiger partial charge on any atom is 0.322 e. The van der Waals surface area contributed by atoms with Crippen LogP contribution in [0.25, 0.3) is 0 Å². The second kappa shape index (κ2) is 4.33. The number of benzene rings is 1. The summed E-state index contributed by atoms with van der Waals surface area (Å²) >= 11 is 0. The van der Waals surface area contributed by atoms with Gasteiger partial charge in [-0.25, -0.2) is 9.18 Å². The minimum Gasteiger partial charge on any atom is -0.388 e. The monoisotopic (exact) mass is 238 g/mol. The standard InChI is InChI=1S/C12H15FN2O2/c1-12(17)6-7-15(8-12)11(16)14-10-5-3-2-4-9(10)13/h2-5,17H,6-8H2,1H3,(H,14,16)/t12-/m0/s1. The summed E-state index contributed by atoms with van der Waals surface area (Å²) in [5.74, 6) is -0.466. The number of carbonyl (C=O) groups excluding carboxylic acids is 1. The first-order valence-electron chi connectivity index (χ1n) is 5.51. The molecule has 1 aromatic carbocycles. The van der Waals surface area contributed by atoms with Crippen LogP contribution in [0.2, 0.25) is 0 Å². The van der Waals surface area contributed by atoms with Crippen LogP contribution in [0.5, 0.6) is 0 Å². The van der Waals surface area contributed by atoms with Crippen molar-refractivity contribution in [2.24, 2.45) is 0 Å². The van der Waals surface area contributed by atoms with Gasteiger partial charge in [-0.15, -0.1) is 0 Å². The molecule has 1 atom stereocenters. The largest absolute Gasteiger partial charge is 0.388 e. The Balaban J connectivity index is 2.01. The van der Waals surface area contributed by atoms with E-state index in [-0.39, 0.29) is 18.3 Å². The second-order valence-electron chi connectivity index (χ2n) is 4.58. The van der Waals surface area contributed by atoms with Gasteiger partial charge in [-0.2, -0.15) is 0 Å². The molecule has 1 heterocycles. The number of hydrogen-bond donors (Lipinski definition) is 2. The zero-order chi connectivity index (χ0) is 12.5. The molecule has 4 nitrogen and oxygen atoms in total. The van der Waals surface area contributed by atoms with E-state index in [1.165, 1.54) is 17.0 Å². The van der Waals surface area contributed by atoms with Gasteiger partial charge in [0.15, 0.2) is 0 Å². The number of likely N-dealkylation sites (tertiary alicyclic amines) is 1. The number of β-amino-alcohol motifs (C(OH)–C–C–N with tert-alkyl or cyclic N) is 1. The maximum absolute atomic E-state index is 13.3. The van der Waals surface area contributed by atoms with Gasteiger partial charge in [-0.3, -0.25) is 0 Å². The Morgan fingerprint density at radius 3 is 2.82 bits per heavy atom. The fourth-order valence-electron chi connectivity index (χ4n) is 1.88. The van der Waals surface area contributed by atoms with E-state index in [2.05, 4.69) is 5.32 Å². The summed E-state index contributed by atoms with van der Waals surface area (Å²) in [7, 11) is 0. The number of aliphatic hydroxyl groups is 1. The Bertz CT molecular complexity index is 434. The molecule has 0 unspecified atom stereocenters. The average Bonchev–Trinajstić information content (AvgIpc) is 2.62. The quantitative estimate of drug-likeness (QED) is 0.784. The number of nitrogens with one attached hydrogen (secondary N) is 1. The first kappa shape index (κ1) is 11.9. The van der Waals surface area contributed by atoms with E-state index >= 15 is 0 Å². The third kappa shape index (κ3) is 2.74. The van der Waals surface area contributed by atoms with Crippen LogP contribution in [0.3, 0.4) is 0 Å². The molecule has 0 spiro atoms. The second-order valence-corrected chi connectivity index (χ2v) is 4.58. The Hall–Kier alpha value is -1.62. The van der Waals surface area contributed by atoms with Crippen molar-refractivity contribution in [2.45, 2.75) is 18.9 Å². The summed E-state index contributed by atoms with van der Waals surface area (Å²) in [6, 6.07) is 5.62. The molecular weight excluding hydrogens is 223 g/mol. The van der Waals surface area contributed by atoms with Crippen molar-refractivity contribution in [3.8, 4) is 0 Å². The molecule has 0 bridgehead atoms. The highest BCUT2D eigenvalue weighted by Gasteiger charge is 2.34. The van der Waals surface area contributed by atoms with Crippen molar-refractivity contribution < 1.29 is 14.3 Å². The number of carbonyl (C=O) groups is 1. The minimum absolute atomic E-state index is 0.157. The van der Waals surface area contributed by atoms with Gasteiger partial charge in [0.05, 0.1) is 17.8 Å². The Morgan fingerprint density at radius 1 is 1.53 bits per heavy atom. The zero-order valence-electron chi connectivity index (χ0n) is 9.61. The van der Waals surface area contributed by atoms with Crippen molar-refractivity contribution in [1.29, 1.82) is 0 Å². The molecule has 2 rings (SSSR count). The average molecular weight is 238 g/mol. The number of nitrogens with zero attached hydrogens (tertiary/aromatic N) is 1. The van der Waals surface area contributed by atoms with Gasteiger partial charge in [-0.1, -0.05) is 12.1 Å². The number of para-hydroxylation sites is 1. The first-order chi connectivity index (χ1) is 7.98. The summed E-state index contributed by atoms with van der Waals surface area (Å²) in [6.45, 7) is 2.43. The van der Waals surface area contributed by atoms with E-state index in [1.54, 1.807) is 19.1 Å². The van der Waals surface area contributed by atoms with E-state index in [4.69, 9.17) is 0 Å². The van der Waals surface area contributed by atoms with E-state index < -0.39 is 11.4 Å². The topological polar surface area (TPSA) is 52.6 Å². The number of amides is 2. The summed E-state index contributed by atoms with van der Waals surface area (Å²) in [6.07, 6.45) is 0.539. The van der Waals surface area contributed by atoms with E-state index in [0.717, 1.165) is 0 Å². The molecule has 0 radical (unpaired) electrons. The van der Waals surface area contributed by atoms with Gasteiger partial charge in [0, 0.05) is 6.54 Å². The molecule has 1 aliphatic heterocycles. The van der Waals surface area contributed by atoms with Gasteiger partial charge < -0.3 is 15.3 Å². The Labute approximate surface area is 99.0 Å². The summed E-state index contributed by atoms with van der Waals surface area (Å²) in [5.41, 5.74) is -0.684. The lowest BCUT2D eigenvalue weighted by Gasteiger charge is -2.19.